The van der Waals surface area contributed by atoms with Crippen LogP contribution < -0.4 is 9.64 Å². The van der Waals surface area contributed by atoms with Crippen LogP contribution in [0.5, 0.6) is 5.75 Å². The van der Waals surface area contributed by atoms with Gasteiger partial charge in [-0.2, -0.15) is 0 Å². The minimum atomic E-state index is -0.549. The number of thiazole rings is 1. The number of ether oxygens (including phenoxy) is 2. The van der Waals surface area contributed by atoms with Crippen LogP contribution in [0.15, 0.2) is 35.8 Å². The van der Waals surface area contributed by atoms with Crippen molar-refractivity contribution >= 4 is 22.6 Å². The highest BCUT2D eigenvalue weighted by Crippen LogP contribution is 2.23. The normalized spacial score (nSPS) is 11.1. The second kappa shape index (κ2) is 6.79. The van der Waals surface area contributed by atoms with E-state index in [9.17, 15) is 4.79 Å². The Balaban J connectivity index is 2.19. The summed E-state index contributed by atoms with van der Waals surface area (Å²) in [7, 11) is 1.62. The monoisotopic (exact) mass is 320 g/mol. The molecule has 1 amide bonds. The molecule has 0 aliphatic rings. The van der Waals surface area contributed by atoms with Gasteiger partial charge in [-0.15, -0.1) is 11.3 Å². The van der Waals surface area contributed by atoms with Crippen molar-refractivity contribution < 1.29 is 14.3 Å². The van der Waals surface area contributed by atoms with E-state index in [1.165, 1.54) is 16.2 Å². The summed E-state index contributed by atoms with van der Waals surface area (Å²) in [6.07, 6.45) is 1.27. The molecule has 1 aromatic heterocycles. The molecule has 0 aliphatic heterocycles. The van der Waals surface area contributed by atoms with E-state index in [1.807, 2.05) is 50.4 Å². The van der Waals surface area contributed by atoms with Crippen molar-refractivity contribution in [3.05, 3.63) is 41.4 Å². The summed E-state index contributed by atoms with van der Waals surface area (Å²) in [4.78, 5) is 18.2. The quantitative estimate of drug-likeness (QED) is 0.851. The number of anilines is 1. The molecule has 22 heavy (non-hydrogen) atoms. The second-order valence-electron chi connectivity index (χ2n) is 5.73. The van der Waals surface area contributed by atoms with Crippen LogP contribution in [0.3, 0.4) is 0 Å². The van der Waals surface area contributed by atoms with Crippen molar-refractivity contribution in [1.82, 2.24) is 4.98 Å². The van der Waals surface area contributed by atoms with Gasteiger partial charge in [0, 0.05) is 11.6 Å². The first-order valence-electron chi connectivity index (χ1n) is 6.92. The second-order valence-corrected chi connectivity index (χ2v) is 6.60. The molecule has 0 aliphatic carbocycles. The molecule has 5 nitrogen and oxygen atoms in total. The Morgan fingerprint density at radius 1 is 1.27 bits per heavy atom. The zero-order valence-electron chi connectivity index (χ0n) is 13.2. The molecule has 0 atom stereocenters. The summed E-state index contributed by atoms with van der Waals surface area (Å²) in [5.74, 6) is 0.779. The Morgan fingerprint density at radius 3 is 2.45 bits per heavy atom. The number of carbonyl (C=O) groups is 1. The van der Waals surface area contributed by atoms with E-state index in [2.05, 4.69) is 4.98 Å². The van der Waals surface area contributed by atoms with Crippen molar-refractivity contribution in [2.75, 3.05) is 12.0 Å². The van der Waals surface area contributed by atoms with Gasteiger partial charge >= 0.3 is 6.09 Å². The SMILES string of the molecule is COc1ccc(CN(C(=O)OC(C)(C)C)c2nccs2)cc1. The van der Waals surface area contributed by atoms with Crippen LogP contribution in [0.4, 0.5) is 9.93 Å². The van der Waals surface area contributed by atoms with Crippen molar-refractivity contribution in [1.29, 1.82) is 0 Å². The minimum absolute atomic E-state index is 0.395. The summed E-state index contributed by atoms with van der Waals surface area (Å²) in [5.41, 5.74) is 0.425. The maximum Gasteiger partial charge on any atom is 0.416 e. The number of hydrogen-bond acceptors (Lipinski definition) is 5. The Bertz CT molecular complexity index is 603. The molecule has 2 aromatic rings. The van der Waals surface area contributed by atoms with Gasteiger partial charge in [-0.25, -0.2) is 14.7 Å². The van der Waals surface area contributed by atoms with E-state index in [0.29, 0.717) is 11.7 Å². The van der Waals surface area contributed by atoms with Gasteiger partial charge in [0.1, 0.15) is 11.4 Å². The van der Waals surface area contributed by atoms with Crippen LogP contribution in [-0.4, -0.2) is 23.8 Å². The van der Waals surface area contributed by atoms with Gasteiger partial charge in [0.05, 0.1) is 13.7 Å². The average molecular weight is 320 g/mol. The van der Waals surface area contributed by atoms with E-state index < -0.39 is 11.7 Å². The zero-order chi connectivity index (χ0) is 16.2. The number of hydrogen-bond donors (Lipinski definition) is 0. The van der Waals surface area contributed by atoms with Gasteiger partial charge in [-0.3, -0.25) is 0 Å². The van der Waals surface area contributed by atoms with Crippen molar-refractivity contribution in [3.8, 4) is 5.75 Å². The summed E-state index contributed by atoms with van der Waals surface area (Å²) < 4.78 is 10.6. The molecule has 0 fully saturated rings. The van der Waals surface area contributed by atoms with Crippen LogP contribution in [0.25, 0.3) is 0 Å². The number of methoxy groups -OCH3 is 1. The maximum absolute atomic E-state index is 12.4. The fourth-order valence-corrected chi connectivity index (χ4v) is 2.42. The largest absolute Gasteiger partial charge is 0.497 e. The summed E-state index contributed by atoms with van der Waals surface area (Å²) in [5, 5.41) is 2.45. The maximum atomic E-state index is 12.4. The summed E-state index contributed by atoms with van der Waals surface area (Å²) in [6.45, 7) is 5.93. The summed E-state index contributed by atoms with van der Waals surface area (Å²) in [6, 6.07) is 7.57. The molecule has 2 rings (SSSR count). The van der Waals surface area contributed by atoms with Gasteiger partial charge in [0.2, 0.25) is 0 Å². The molecule has 0 saturated heterocycles. The number of carbonyl (C=O) groups excluding carboxylic acids is 1. The molecular formula is C16H20N2O3S. The molecule has 0 spiro atoms. The van der Waals surface area contributed by atoms with E-state index in [0.717, 1.165) is 11.3 Å². The molecule has 118 valence electrons. The predicted octanol–water partition coefficient (Wildman–Crippen LogP) is 4.09. The Morgan fingerprint density at radius 2 is 1.95 bits per heavy atom. The third-order valence-corrected chi connectivity index (χ3v) is 3.56. The van der Waals surface area contributed by atoms with Crippen LogP contribution in [0.1, 0.15) is 26.3 Å². The van der Waals surface area contributed by atoms with E-state index in [-0.39, 0.29) is 0 Å². The molecule has 0 N–H and O–H groups in total. The van der Waals surface area contributed by atoms with E-state index >= 15 is 0 Å². The Labute approximate surface area is 134 Å². The van der Waals surface area contributed by atoms with Crippen LogP contribution >= 0.6 is 11.3 Å². The van der Waals surface area contributed by atoms with Crippen molar-refractivity contribution in [2.24, 2.45) is 0 Å². The highest BCUT2D eigenvalue weighted by Gasteiger charge is 2.25. The first-order valence-corrected chi connectivity index (χ1v) is 7.80. The van der Waals surface area contributed by atoms with E-state index in [1.54, 1.807) is 13.3 Å². The topological polar surface area (TPSA) is 51.7 Å². The fraction of sp³-hybridized carbons (Fsp3) is 0.375. The van der Waals surface area contributed by atoms with Crippen molar-refractivity contribution in [2.45, 2.75) is 32.9 Å². The molecule has 0 saturated carbocycles. The first kappa shape index (κ1) is 16.3. The highest BCUT2D eigenvalue weighted by molar-refractivity contribution is 7.13. The number of amides is 1. The van der Waals surface area contributed by atoms with Crippen LogP contribution in [0.2, 0.25) is 0 Å². The lowest BCUT2D eigenvalue weighted by Gasteiger charge is -2.25. The van der Waals surface area contributed by atoms with E-state index in [4.69, 9.17) is 9.47 Å². The number of rotatable bonds is 4. The smallest absolute Gasteiger partial charge is 0.416 e. The minimum Gasteiger partial charge on any atom is -0.497 e. The zero-order valence-corrected chi connectivity index (χ0v) is 14.0. The molecule has 1 aromatic carbocycles. The first-order chi connectivity index (χ1) is 10.4. The molecule has 0 bridgehead atoms. The van der Waals surface area contributed by atoms with Gasteiger partial charge in [-0.1, -0.05) is 12.1 Å². The highest BCUT2D eigenvalue weighted by atomic mass is 32.1. The summed E-state index contributed by atoms with van der Waals surface area (Å²) >= 11 is 1.40. The predicted molar refractivity (Wildman–Crippen MR) is 87.5 cm³/mol. The standard InChI is InChI=1S/C16H20N2O3S/c1-16(2,3)21-15(19)18(14-17-9-10-22-14)11-12-5-7-13(20-4)8-6-12/h5-10H,11H2,1-4H3. The molecule has 1 heterocycles. The number of nitrogens with zero attached hydrogens (tertiary/aromatic N) is 2. The van der Waals surface area contributed by atoms with Gasteiger partial charge in [0.15, 0.2) is 5.13 Å². The number of aromatic nitrogens is 1. The van der Waals surface area contributed by atoms with Gasteiger partial charge in [0.25, 0.3) is 0 Å². The third-order valence-electron chi connectivity index (χ3n) is 2.76. The van der Waals surface area contributed by atoms with Crippen LogP contribution in [-0.2, 0) is 11.3 Å². The van der Waals surface area contributed by atoms with Crippen LogP contribution in [0, 0.1) is 0 Å². The molecule has 6 heteroatoms. The fourth-order valence-electron chi connectivity index (χ4n) is 1.79. The van der Waals surface area contributed by atoms with Crippen molar-refractivity contribution in [3.63, 3.8) is 0 Å². The lowest BCUT2D eigenvalue weighted by atomic mass is 10.2. The molecule has 0 radical (unpaired) electrons. The lowest BCUT2D eigenvalue weighted by molar-refractivity contribution is 0.0577. The molecule has 0 unspecified atom stereocenters. The number of benzene rings is 1. The molecular weight excluding hydrogens is 300 g/mol. The van der Waals surface area contributed by atoms with Gasteiger partial charge in [-0.05, 0) is 38.5 Å². The lowest BCUT2D eigenvalue weighted by Crippen LogP contribution is -2.36. The average Bonchev–Trinajstić information content (AvgIpc) is 2.97. The Hall–Kier alpha value is -2.08. The van der Waals surface area contributed by atoms with Gasteiger partial charge < -0.3 is 9.47 Å². The Kier molecular flexibility index (Phi) is 5.03. The third kappa shape index (κ3) is 4.46.